The van der Waals surface area contributed by atoms with E-state index < -0.39 is 34.5 Å². The first-order chi connectivity index (χ1) is 12.2. The van der Waals surface area contributed by atoms with Gasteiger partial charge in [0.15, 0.2) is 0 Å². The van der Waals surface area contributed by atoms with Gasteiger partial charge in [-0.1, -0.05) is 12.1 Å². The molecule has 0 fully saturated rings. The molecule has 0 radical (unpaired) electrons. The van der Waals surface area contributed by atoms with Crippen LogP contribution in [0.1, 0.15) is 21.5 Å². The Morgan fingerprint density at radius 2 is 1.88 bits per heavy atom. The Morgan fingerprint density at radius 3 is 2.58 bits per heavy atom. The number of alkyl halides is 3. The van der Waals surface area contributed by atoms with E-state index in [0.29, 0.717) is 5.52 Å². The Morgan fingerprint density at radius 1 is 1.15 bits per heavy atom. The number of carbonyl (C=O) groups excluding carboxylic acids is 1. The van der Waals surface area contributed by atoms with Crippen molar-refractivity contribution in [2.45, 2.75) is 13.1 Å². The van der Waals surface area contributed by atoms with E-state index >= 15 is 0 Å². The van der Waals surface area contributed by atoms with Crippen molar-refractivity contribution in [3.63, 3.8) is 0 Å². The van der Waals surface area contributed by atoms with Gasteiger partial charge in [0.1, 0.15) is 11.3 Å². The fourth-order valence-electron chi connectivity index (χ4n) is 2.57. The van der Waals surface area contributed by atoms with Crippen molar-refractivity contribution < 1.29 is 23.1 Å². The highest BCUT2D eigenvalue weighted by molar-refractivity contribution is 6.09. The van der Waals surface area contributed by atoms with Crippen LogP contribution in [0, 0.1) is 6.92 Å². The molecule has 8 heteroatoms. The maximum Gasteiger partial charge on any atom is 0.416 e. The molecule has 0 saturated carbocycles. The first kappa shape index (κ1) is 17.5. The minimum Gasteiger partial charge on any atom is -0.506 e. The van der Waals surface area contributed by atoms with Crippen molar-refractivity contribution in [1.82, 2.24) is 4.98 Å². The van der Waals surface area contributed by atoms with Gasteiger partial charge in [-0.3, -0.25) is 9.59 Å². The summed E-state index contributed by atoms with van der Waals surface area (Å²) in [6.07, 6.45) is -4.57. The summed E-state index contributed by atoms with van der Waals surface area (Å²) < 4.78 is 38.3. The molecule has 1 amide bonds. The third-order valence-corrected chi connectivity index (χ3v) is 3.82. The maximum atomic E-state index is 12.8. The predicted molar refractivity (Wildman–Crippen MR) is 90.4 cm³/mol. The number of nitrogens with one attached hydrogen (secondary N) is 2. The Labute approximate surface area is 145 Å². The molecule has 3 rings (SSSR count). The fourth-order valence-corrected chi connectivity index (χ4v) is 2.57. The SMILES string of the molecule is Cc1ccc2c(O)c(C(=O)Nc3cccc(C(F)(F)F)c3)c(=O)[nH]c2c1. The van der Waals surface area contributed by atoms with Crippen LogP contribution in [0.25, 0.3) is 10.9 Å². The number of H-pyrrole nitrogens is 1. The van der Waals surface area contributed by atoms with Gasteiger partial charge in [-0.15, -0.1) is 0 Å². The first-order valence-corrected chi connectivity index (χ1v) is 7.51. The molecule has 5 nitrogen and oxygen atoms in total. The number of fused-ring (bicyclic) bond motifs is 1. The van der Waals surface area contributed by atoms with E-state index in [1.54, 1.807) is 19.1 Å². The van der Waals surface area contributed by atoms with E-state index in [1.165, 1.54) is 12.1 Å². The number of aryl methyl sites for hydroxylation is 1. The van der Waals surface area contributed by atoms with E-state index in [2.05, 4.69) is 10.3 Å². The molecule has 0 bridgehead atoms. The normalized spacial score (nSPS) is 11.5. The average molecular weight is 362 g/mol. The van der Waals surface area contributed by atoms with Crippen LogP contribution in [-0.4, -0.2) is 16.0 Å². The van der Waals surface area contributed by atoms with Gasteiger partial charge in [-0.25, -0.2) is 0 Å². The molecule has 0 aliphatic rings. The summed E-state index contributed by atoms with van der Waals surface area (Å²) in [6, 6.07) is 8.84. The second kappa shape index (κ2) is 6.21. The third-order valence-electron chi connectivity index (χ3n) is 3.82. The van der Waals surface area contributed by atoms with E-state index in [9.17, 15) is 27.9 Å². The fraction of sp³-hybridized carbons (Fsp3) is 0.111. The molecular weight excluding hydrogens is 349 g/mol. The molecule has 0 atom stereocenters. The quantitative estimate of drug-likeness (QED) is 0.648. The van der Waals surface area contributed by atoms with Crippen LogP contribution >= 0.6 is 0 Å². The number of amides is 1. The predicted octanol–water partition coefficient (Wildman–Crippen LogP) is 3.81. The lowest BCUT2D eigenvalue weighted by molar-refractivity contribution is -0.137. The number of hydrogen-bond donors (Lipinski definition) is 3. The number of hydrogen-bond acceptors (Lipinski definition) is 3. The summed E-state index contributed by atoms with van der Waals surface area (Å²) in [4.78, 5) is 27.0. The summed E-state index contributed by atoms with van der Waals surface area (Å²) >= 11 is 0. The van der Waals surface area contributed by atoms with Gasteiger partial charge in [0.2, 0.25) is 0 Å². The van der Waals surface area contributed by atoms with Gasteiger partial charge in [-0.05, 0) is 42.8 Å². The highest BCUT2D eigenvalue weighted by Crippen LogP contribution is 2.31. The van der Waals surface area contributed by atoms with Crippen LogP contribution in [0.3, 0.4) is 0 Å². The number of aromatic nitrogens is 1. The maximum absolute atomic E-state index is 12.8. The molecule has 0 spiro atoms. The number of aromatic amines is 1. The van der Waals surface area contributed by atoms with Crippen molar-refractivity contribution in [2.75, 3.05) is 5.32 Å². The summed E-state index contributed by atoms with van der Waals surface area (Å²) in [5, 5.41) is 12.8. The second-order valence-corrected chi connectivity index (χ2v) is 5.76. The lowest BCUT2D eigenvalue weighted by atomic mass is 10.1. The van der Waals surface area contributed by atoms with Gasteiger partial charge < -0.3 is 15.4 Å². The smallest absolute Gasteiger partial charge is 0.416 e. The molecular formula is C18H13F3N2O3. The van der Waals surface area contributed by atoms with Crippen LogP contribution in [0.4, 0.5) is 18.9 Å². The summed E-state index contributed by atoms with van der Waals surface area (Å²) in [5.41, 5.74) is -1.31. The number of rotatable bonds is 2. The Bertz CT molecular complexity index is 1070. The highest BCUT2D eigenvalue weighted by atomic mass is 19.4. The Kier molecular flexibility index (Phi) is 4.19. The zero-order chi connectivity index (χ0) is 19.1. The summed E-state index contributed by atoms with van der Waals surface area (Å²) in [7, 11) is 0. The lowest BCUT2D eigenvalue weighted by Crippen LogP contribution is -2.23. The van der Waals surface area contributed by atoms with Crippen LogP contribution in [0.15, 0.2) is 47.3 Å². The van der Waals surface area contributed by atoms with E-state index in [1.807, 2.05) is 0 Å². The molecule has 0 unspecified atom stereocenters. The summed E-state index contributed by atoms with van der Waals surface area (Å²) in [5.74, 6) is -1.54. The number of halogens is 3. The van der Waals surface area contributed by atoms with E-state index in [-0.39, 0.29) is 11.1 Å². The molecule has 2 aromatic carbocycles. The number of pyridine rings is 1. The zero-order valence-corrected chi connectivity index (χ0v) is 13.4. The lowest BCUT2D eigenvalue weighted by Gasteiger charge is -2.11. The van der Waals surface area contributed by atoms with Crippen LogP contribution in [-0.2, 0) is 6.18 Å². The molecule has 0 saturated heterocycles. The number of carbonyl (C=O) groups is 1. The molecule has 3 aromatic rings. The molecule has 134 valence electrons. The Balaban J connectivity index is 2.01. The number of benzene rings is 2. The van der Waals surface area contributed by atoms with E-state index in [0.717, 1.165) is 23.8 Å². The van der Waals surface area contributed by atoms with Gasteiger partial charge >= 0.3 is 6.18 Å². The minimum absolute atomic E-state index is 0.146. The summed E-state index contributed by atoms with van der Waals surface area (Å²) in [6.45, 7) is 1.79. The van der Waals surface area contributed by atoms with Crippen molar-refractivity contribution in [3.05, 3.63) is 69.5 Å². The van der Waals surface area contributed by atoms with Crippen molar-refractivity contribution in [2.24, 2.45) is 0 Å². The van der Waals surface area contributed by atoms with Gasteiger partial charge in [0.05, 0.1) is 11.1 Å². The topological polar surface area (TPSA) is 82.2 Å². The first-order valence-electron chi connectivity index (χ1n) is 7.51. The zero-order valence-electron chi connectivity index (χ0n) is 13.4. The van der Waals surface area contributed by atoms with Crippen molar-refractivity contribution in [3.8, 4) is 5.75 Å². The van der Waals surface area contributed by atoms with Gasteiger partial charge in [0.25, 0.3) is 11.5 Å². The van der Waals surface area contributed by atoms with Crippen molar-refractivity contribution in [1.29, 1.82) is 0 Å². The molecule has 0 aliphatic carbocycles. The van der Waals surface area contributed by atoms with Gasteiger partial charge in [0, 0.05) is 11.1 Å². The monoisotopic (exact) mass is 362 g/mol. The van der Waals surface area contributed by atoms with Crippen LogP contribution in [0.5, 0.6) is 5.75 Å². The molecule has 26 heavy (non-hydrogen) atoms. The largest absolute Gasteiger partial charge is 0.506 e. The minimum atomic E-state index is -4.57. The second-order valence-electron chi connectivity index (χ2n) is 5.76. The van der Waals surface area contributed by atoms with Crippen LogP contribution < -0.4 is 10.9 Å². The Hall–Kier alpha value is -3.29. The standard InChI is InChI=1S/C18H13F3N2O3/c1-9-5-6-12-13(7-9)23-17(26)14(15(12)24)16(25)22-11-4-2-3-10(8-11)18(19,20)21/h2-8H,1H3,(H,22,25)(H2,23,24,26). The van der Waals surface area contributed by atoms with Crippen molar-refractivity contribution >= 4 is 22.5 Å². The van der Waals surface area contributed by atoms with Crippen LogP contribution in [0.2, 0.25) is 0 Å². The molecule has 0 aliphatic heterocycles. The average Bonchev–Trinajstić information content (AvgIpc) is 2.53. The number of anilines is 1. The molecule has 1 aromatic heterocycles. The molecule has 1 heterocycles. The van der Waals surface area contributed by atoms with E-state index in [4.69, 9.17) is 0 Å². The van der Waals surface area contributed by atoms with Gasteiger partial charge in [-0.2, -0.15) is 13.2 Å². The number of aromatic hydroxyl groups is 1. The third kappa shape index (κ3) is 3.26. The highest BCUT2D eigenvalue weighted by Gasteiger charge is 2.30. The molecule has 3 N–H and O–H groups in total.